The summed E-state index contributed by atoms with van der Waals surface area (Å²) < 4.78 is 0. The van der Waals surface area contributed by atoms with Crippen molar-refractivity contribution in [1.29, 1.82) is 0 Å². The van der Waals surface area contributed by atoms with Crippen LogP contribution in [0.4, 0.5) is 34.1 Å². The topological polar surface area (TPSA) is 6.48 Å². The fraction of sp³-hybridized carbons (Fsp3) is 0. The Balaban J connectivity index is 1.19. The molecule has 0 unspecified atom stereocenters. The molecule has 0 saturated heterocycles. The first-order chi connectivity index (χ1) is 28.3. The van der Waals surface area contributed by atoms with Gasteiger partial charge in [0.1, 0.15) is 0 Å². The average molecular weight is 725 g/mol. The Hall–Kier alpha value is -7.36. The standard InChI is InChI=1S/C54H37BN2/c1-5-16-38(17-6-1)41-30-33-45(34-31-41)56-49-35-32-44(40-20-9-3-10-21-40)37-48(49)55-53-47(42-22-11-4-12-23-42)26-14-27-50(53)57(52-29-15-28-51(56)54(52)55)46-25-13-24-43(36-46)39-18-7-2-8-19-39/h1-37H. The number of benzene rings is 9. The van der Waals surface area contributed by atoms with E-state index >= 15 is 0 Å². The number of anilines is 6. The van der Waals surface area contributed by atoms with Crippen molar-refractivity contribution >= 4 is 57.2 Å². The first kappa shape index (κ1) is 33.0. The summed E-state index contributed by atoms with van der Waals surface area (Å²) in [6, 6.07) is 82.0. The summed E-state index contributed by atoms with van der Waals surface area (Å²) in [6.45, 7) is -0.0188. The predicted octanol–water partition coefficient (Wildman–Crippen LogP) is 12.4. The van der Waals surface area contributed by atoms with Gasteiger partial charge in [-0.25, -0.2) is 0 Å². The van der Waals surface area contributed by atoms with Crippen LogP contribution >= 0.6 is 0 Å². The maximum absolute atomic E-state index is 2.51. The van der Waals surface area contributed by atoms with Crippen LogP contribution in [0, 0.1) is 0 Å². The number of hydrogen-bond acceptors (Lipinski definition) is 2. The van der Waals surface area contributed by atoms with Gasteiger partial charge in [-0.3, -0.25) is 0 Å². The van der Waals surface area contributed by atoms with Gasteiger partial charge in [-0.05, 0) is 109 Å². The zero-order chi connectivity index (χ0) is 37.7. The molecule has 0 aliphatic carbocycles. The van der Waals surface area contributed by atoms with Gasteiger partial charge in [-0.1, -0.05) is 176 Å². The van der Waals surface area contributed by atoms with Gasteiger partial charge < -0.3 is 9.80 Å². The molecular formula is C54H37BN2. The second kappa shape index (κ2) is 13.7. The van der Waals surface area contributed by atoms with Crippen molar-refractivity contribution in [1.82, 2.24) is 0 Å². The quantitative estimate of drug-likeness (QED) is 0.158. The predicted molar refractivity (Wildman–Crippen MR) is 242 cm³/mol. The Morgan fingerprint density at radius 1 is 0.263 bits per heavy atom. The largest absolute Gasteiger partial charge is 0.311 e. The second-order valence-corrected chi connectivity index (χ2v) is 14.9. The van der Waals surface area contributed by atoms with Crippen molar-refractivity contribution in [2.24, 2.45) is 0 Å². The van der Waals surface area contributed by atoms with Crippen LogP contribution in [0.1, 0.15) is 0 Å². The minimum absolute atomic E-state index is 0.0188. The van der Waals surface area contributed by atoms with Gasteiger partial charge in [0.15, 0.2) is 0 Å². The lowest BCUT2D eigenvalue weighted by molar-refractivity contribution is 1.25. The van der Waals surface area contributed by atoms with E-state index in [1.807, 2.05) is 0 Å². The summed E-state index contributed by atoms with van der Waals surface area (Å²) in [5.41, 5.74) is 20.7. The van der Waals surface area contributed by atoms with Crippen LogP contribution in [0.3, 0.4) is 0 Å². The Labute approximate surface area is 334 Å². The molecule has 2 aliphatic heterocycles. The molecule has 9 aromatic rings. The highest BCUT2D eigenvalue weighted by atomic mass is 15.2. The molecule has 0 amide bonds. The van der Waals surface area contributed by atoms with Crippen LogP contribution < -0.4 is 26.2 Å². The van der Waals surface area contributed by atoms with Gasteiger partial charge in [0.05, 0.1) is 0 Å². The number of hydrogen-bond donors (Lipinski definition) is 0. The van der Waals surface area contributed by atoms with E-state index < -0.39 is 0 Å². The zero-order valence-corrected chi connectivity index (χ0v) is 31.3. The fourth-order valence-electron chi connectivity index (χ4n) is 9.11. The maximum Gasteiger partial charge on any atom is 0.252 e. The van der Waals surface area contributed by atoms with E-state index in [2.05, 4.69) is 234 Å². The van der Waals surface area contributed by atoms with Crippen molar-refractivity contribution in [2.45, 2.75) is 0 Å². The molecule has 0 saturated carbocycles. The average Bonchev–Trinajstić information content (AvgIpc) is 3.30. The van der Waals surface area contributed by atoms with Crippen molar-refractivity contribution in [3.8, 4) is 44.5 Å². The third kappa shape index (κ3) is 5.59. The van der Waals surface area contributed by atoms with Gasteiger partial charge >= 0.3 is 0 Å². The third-order valence-electron chi connectivity index (χ3n) is 11.7. The molecule has 9 aromatic carbocycles. The molecule has 0 fully saturated rings. The second-order valence-electron chi connectivity index (χ2n) is 14.9. The minimum Gasteiger partial charge on any atom is -0.311 e. The first-order valence-electron chi connectivity index (χ1n) is 19.7. The molecule has 266 valence electrons. The molecule has 0 radical (unpaired) electrons. The highest BCUT2D eigenvalue weighted by Gasteiger charge is 2.44. The first-order valence-corrected chi connectivity index (χ1v) is 19.7. The molecular weight excluding hydrogens is 687 g/mol. The van der Waals surface area contributed by atoms with E-state index in [0.29, 0.717) is 0 Å². The van der Waals surface area contributed by atoms with E-state index in [1.54, 1.807) is 0 Å². The van der Waals surface area contributed by atoms with Crippen molar-refractivity contribution in [3.63, 3.8) is 0 Å². The molecule has 2 heterocycles. The Kier molecular flexibility index (Phi) is 7.96. The Morgan fingerprint density at radius 3 is 1.32 bits per heavy atom. The van der Waals surface area contributed by atoms with Crippen LogP contribution in [0.15, 0.2) is 224 Å². The number of rotatable bonds is 6. The molecule has 3 heteroatoms. The lowest BCUT2D eigenvalue weighted by Crippen LogP contribution is -2.61. The van der Waals surface area contributed by atoms with E-state index in [0.717, 1.165) is 11.4 Å². The molecule has 0 N–H and O–H groups in total. The molecule has 0 aromatic heterocycles. The fourth-order valence-corrected chi connectivity index (χ4v) is 9.11. The summed E-state index contributed by atoms with van der Waals surface area (Å²) in [5, 5.41) is 0. The minimum atomic E-state index is -0.0188. The molecule has 11 rings (SSSR count). The van der Waals surface area contributed by atoms with Crippen LogP contribution in [0.5, 0.6) is 0 Å². The van der Waals surface area contributed by atoms with Crippen LogP contribution in [0.25, 0.3) is 44.5 Å². The normalized spacial score (nSPS) is 12.5. The summed E-state index contributed by atoms with van der Waals surface area (Å²) >= 11 is 0. The van der Waals surface area contributed by atoms with E-state index in [1.165, 1.54) is 83.6 Å². The highest BCUT2D eigenvalue weighted by molar-refractivity contribution is 7.01. The van der Waals surface area contributed by atoms with Crippen molar-refractivity contribution < 1.29 is 0 Å². The molecule has 0 atom stereocenters. The van der Waals surface area contributed by atoms with Gasteiger partial charge in [-0.15, -0.1) is 0 Å². The van der Waals surface area contributed by atoms with E-state index in [4.69, 9.17) is 0 Å². The Bertz CT molecular complexity index is 2890. The molecule has 2 aliphatic rings. The number of fused-ring (bicyclic) bond motifs is 4. The summed E-state index contributed by atoms with van der Waals surface area (Å²) in [5.74, 6) is 0. The molecule has 0 spiro atoms. The summed E-state index contributed by atoms with van der Waals surface area (Å²) in [6.07, 6.45) is 0. The SMILES string of the molecule is c1ccc(-c2ccc(N3c4ccc(-c5ccccc5)cc4B4c5c(-c6ccccc6)cccc5N(c5cccc(-c6ccccc6)c5)c5cccc3c54)cc2)cc1. The molecule has 57 heavy (non-hydrogen) atoms. The summed E-state index contributed by atoms with van der Waals surface area (Å²) in [4.78, 5) is 5.00. The van der Waals surface area contributed by atoms with Crippen LogP contribution in [0.2, 0.25) is 0 Å². The maximum atomic E-state index is 2.51. The van der Waals surface area contributed by atoms with Gasteiger partial charge in [-0.2, -0.15) is 0 Å². The molecule has 0 bridgehead atoms. The third-order valence-corrected chi connectivity index (χ3v) is 11.7. The van der Waals surface area contributed by atoms with Crippen LogP contribution in [-0.2, 0) is 0 Å². The van der Waals surface area contributed by atoms with Gasteiger partial charge in [0, 0.05) is 34.1 Å². The zero-order valence-electron chi connectivity index (χ0n) is 31.3. The van der Waals surface area contributed by atoms with E-state index in [-0.39, 0.29) is 6.71 Å². The van der Waals surface area contributed by atoms with Crippen molar-refractivity contribution in [2.75, 3.05) is 9.80 Å². The van der Waals surface area contributed by atoms with Crippen LogP contribution in [-0.4, -0.2) is 6.71 Å². The molecule has 2 nitrogen and oxygen atoms in total. The summed E-state index contributed by atoms with van der Waals surface area (Å²) in [7, 11) is 0. The smallest absolute Gasteiger partial charge is 0.252 e. The van der Waals surface area contributed by atoms with E-state index in [9.17, 15) is 0 Å². The number of nitrogens with zero attached hydrogens (tertiary/aromatic N) is 2. The van der Waals surface area contributed by atoms with Crippen molar-refractivity contribution in [3.05, 3.63) is 224 Å². The monoisotopic (exact) mass is 724 g/mol. The lowest BCUT2D eigenvalue weighted by atomic mass is 9.32. The van der Waals surface area contributed by atoms with Gasteiger partial charge in [0.2, 0.25) is 0 Å². The lowest BCUT2D eigenvalue weighted by Gasteiger charge is -2.45. The van der Waals surface area contributed by atoms with Gasteiger partial charge in [0.25, 0.3) is 6.71 Å². The Morgan fingerprint density at radius 2 is 0.702 bits per heavy atom. The highest BCUT2D eigenvalue weighted by Crippen LogP contribution is 2.46.